The van der Waals surface area contributed by atoms with E-state index in [2.05, 4.69) is 39.4 Å². The highest BCUT2D eigenvalue weighted by molar-refractivity contribution is 9.10. The van der Waals surface area contributed by atoms with Crippen LogP contribution in [0.3, 0.4) is 0 Å². The summed E-state index contributed by atoms with van der Waals surface area (Å²) in [4.78, 5) is 1.44. The molecule has 1 atom stereocenters. The summed E-state index contributed by atoms with van der Waals surface area (Å²) in [5.74, 6) is 1.91. The first-order valence-corrected chi connectivity index (χ1v) is 6.16. The molecule has 0 saturated carbocycles. The third kappa shape index (κ3) is 1.92. The van der Waals surface area contributed by atoms with Gasteiger partial charge in [-0.1, -0.05) is 22.0 Å². The third-order valence-corrected chi connectivity index (χ3v) is 4.03. The smallest absolute Gasteiger partial charge is 0.0186 e. The van der Waals surface area contributed by atoms with Gasteiger partial charge < -0.3 is 5.32 Å². The van der Waals surface area contributed by atoms with Crippen LogP contribution in [0.2, 0.25) is 0 Å². The molecule has 1 heterocycles. The summed E-state index contributed by atoms with van der Waals surface area (Å²) in [5, 5.41) is 3.24. The average molecular weight is 258 g/mol. The van der Waals surface area contributed by atoms with E-state index in [4.69, 9.17) is 0 Å². The van der Waals surface area contributed by atoms with Crippen molar-refractivity contribution in [1.82, 2.24) is 5.32 Å². The fourth-order valence-corrected chi connectivity index (χ4v) is 3.47. The lowest BCUT2D eigenvalue weighted by molar-refractivity contribution is 0.687. The molecule has 0 spiro atoms. The second-order valence-electron chi connectivity index (χ2n) is 3.25. The summed E-state index contributed by atoms with van der Waals surface area (Å²) >= 11 is 5.45. The lowest BCUT2D eigenvalue weighted by atomic mass is 10.0. The Morgan fingerprint density at radius 2 is 2.46 bits per heavy atom. The second kappa shape index (κ2) is 4.03. The summed E-state index contributed by atoms with van der Waals surface area (Å²) in [7, 11) is 2.02. The van der Waals surface area contributed by atoms with Gasteiger partial charge >= 0.3 is 0 Å². The summed E-state index contributed by atoms with van der Waals surface area (Å²) in [6.07, 6.45) is 0. The van der Waals surface area contributed by atoms with E-state index in [0.717, 1.165) is 6.54 Å². The van der Waals surface area contributed by atoms with Gasteiger partial charge in [0.2, 0.25) is 0 Å². The molecule has 0 fully saturated rings. The zero-order chi connectivity index (χ0) is 9.26. The van der Waals surface area contributed by atoms with Gasteiger partial charge in [0.25, 0.3) is 0 Å². The Labute approximate surface area is 91.4 Å². The molecule has 2 rings (SSSR count). The van der Waals surface area contributed by atoms with Crippen LogP contribution in [0, 0.1) is 0 Å². The first kappa shape index (κ1) is 9.56. The van der Waals surface area contributed by atoms with Crippen LogP contribution in [0.25, 0.3) is 0 Å². The van der Waals surface area contributed by atoms with Crippen LogP contribution in [0.1, 0.15) is 11.5 Å². The highest BCUT2D eigenvalue weighted by Crippen LogP contribution is 2.40. The van der Waals surface area contributed by atoms with E-state index >= 15 is 0 Å². The first-order valence-electron chi connectivity index (χ1n) is 4.38. The fraction of sp³-hybridized carbons (Fsp3) is 0.400. The van der Waals surface area contributed by atoms with Crippen LogP contribution in [0.4, 0.5) is 0 Å². The molecular weight excluding hydrogens is 246 g/mol. The highest BCUT2D eigenvalue weighted by atomic mass is 79.9. The fourth-order valence-electron chi connectivity index (χ4n) is 1.67. The number of nitrogens with one attached hydrogen (secondary N) is 1. The molecular formula is C10H12BrNS. The van der Waals surface area contributed by atoms with E-state index in [1.165, 1.54) is 20.7 Å². The Balaban J connectivity index is 2.27. The predicted octanol–water partition coefficient (Wildman–Crippen LogP) is 2.86. The van der Waals surface area contributed by atoms with Gasteiger partial charge in [-0.15, -0.1) is 11.8 Å². The quantitative estimate of drug-likeness (QED) is 0.875. The van der Waals surface area contributed by atoms with Crippen LogP contribution in [0.5, 0.6) is 0 Å². The van der Waals surface area contributed by atoms with Gasteiger partial charge in [-0.3, -0.25) is 0 Å². The average Bonchev–Trinajstić information content (AvgIpc) is 2.49. The second-order valence-corrected chi connectivity index (χ2v) is 5.23. The molecule has 3 heteroatoms. The Bertz CT molecular complexity index is 314. The van der Waals surface area contributed by atoms with E-state index < -0.39 is 0 Å². The number of rotatable bonds is 2. The standard InChI is InChI=1S/C10H12BrNS/c1-12-5-7-6-13-10-4-8(11)2-3-9(7)10/h2-4,7,12H,5-6H2,1H3. The molecule has 0 radical (unpaired) electrons. The van der Waals surface area contributed by atoms with Gasteiger partial charge in [-0.25, -0.2) is 0 Å². The normalized spacial score (nSPS) is 20.3. The molecule has 0 bridgehead atoms. The zero-order valence-corrected chi connectivity index (χ0v) is 9.91. The minimum atomic E-state index is 0.693. The predicted molar refractivity (Wildman–Crippen MR) is 61.5 cm³/mol. The van der Waals surface area contributed by atoms with Crippen LogP contribution in [-0.4, -0.2) is 19.3 Å². The van der Waals surface area contributed by atoms with Crippen molar-refractivity contribution in [3.63, 3.8) is 0 Å². The van der Waals surface area contributed by atoms with Crippen LogP contribution in [-0.2, 0) is 0 Å². The molecule has 0 saturated heterocycles. The Morgan fingerprint density at radius 1 is 1.62 bits per heavy atom. The van der Waals surface area contributed by atoms with Gasteiger partial charge in [0.1, 0.15) is 0 Å². The topological polar surface area (TPSA) is 12.0 Å². The molecule has 0 aromatic heterocycles. The van der Waals surface area contributed by atoms with Crippen molar-refractivity contribution in [2.24, 2.45) is 0 Å². The van der Waals surface area contributed by atoms with Gasteiger partial charge in [-0.2, -0.15) is 0 Å². The summed E-state index contributed by atoms with van der Waals surface area (Å²) in [6, 6.07) is 6.59. The molecule has 1 unspecified atom stereocenters. The van der Waals surface area contributed by atoms with Crippen molar-refractivity contribution in [3.05, 3.63) is 28.2 Å². The van der Waals surface area contributed by atoms with Crippen molar-refractivity contribution in [2.45, 2.75) is 10.8 Å². The summed E-state index contributed by atoms with van der Waals surface area (Å²) in [5.41, 5.74) is 1.50. The molecule has 1 aliphatic rings. The largest absolute Gasteiger partial charge is 0.319 e. The van der Waals surface area contributed by atoms with E-state index in [0.29, 0.717) is 5.92 Å². The molecule has 1 nitrogen and oxygen atoms in total. The number of thioether (sulfide) groups is 1. The lowest BCUT2D eigenvalue weighted by Crippen LogP contribution is -2.16. The molecule has 1 N–H and O–H groups in total. The maximum atomic E-state index is 3.49. The van der Waals surface area contributed by atoms with Gasteiger partial charge in [-0.05, 0) is 24.7 Å². The summed E-state index contributed by atoms with van der Waals surface area (Å²) in [6.45, 7) is 1.08. The van der Waals surface area contributed by atoms with E-state index in [1.807, 2.05) is 18.8 Å². The zero-order valence-electron chi connectivity index (χ0n) is 7.51. The van der Waals surface area contributed by atoms with Crippen LogP contribution in [0.15, 0.2) is 27.6 Å². The number of benzene rings is 1. The minimum Gasteiger partial charge on any atom is -0.319 e. The highest BCUT2D eigenvalue weighted by Gasteiger charge is 2.22. The third-order valence-electron chi connectivity index (χ3n) is 2.31. The van der Waals surface area contributed by atoms with Crippen molar-refractivity contribution in [1.29, 1.82) is 0 Å². The number of hydrogen-bond acceptors (Lipinski definition) is 2. The number of hydrogen-bond donors (Lipinski definition) is 1. The number of fused-ring (bicyclic) bond motifs is 1. The number of halogens is 1. The van der Waals surface area contributed by atoms with Crippen molar-refractivity contribution < 1.29 is 0 Å². The van der Waals surface area contributed by atoms with E-state index in [-0.39, 0.29) is 0 Å². The Morgan fingerprint density at radius 3 is 3.23 bits per heavy atom. The molecule has 1 aromatic carbocycles. The van der Waals surface area contributed by atoms with E-state index in [9.17, 15) is 0 Å². The van der Waals surface area contributed by atoms with Gasteiger partial charge in [0.15, 0.2) is 0 Å². The van der Waals surface area contributed by atoms with Crippen molar-refractivity contribution in [2.75, 3.05) is 19.3 Å². The van der Waals surface area contributed by atoms with Gasteiger partial charge in [0.05, 0.1) is 0 Å². The SMILES string of the molecule is CNCC1CSc2cc(Br)ccc21. The molecule has 0 aliphatic carbocycles. The van der Waals surface area contributed by atoms with Crippen LogP contribution < -0.4 is 5.32 Å². The number of likely N-dealkylation sites (N-methyl/N-ethyl adjacent to an activating group) is 1. The minimum absolute atomic E-state index is 0.693. The molecule has 0 amide bonds. The first-order chi connectivity index (χ1) is 6.31. The Hall–Kier alpha value is 0.01000. The van der Waals surface area contributed by atoms with E-state index in [1.54, 1.807) is 0 Å². The molecule has 1 aliphatic heterocycles. The van der Waals surface area contributed by atoms with Crippen molar-refractivity contribution in [3.8, 4) is 0 Å². The molecule has 70 valence electrons. The Kier molecular flexibility index (Phi) is 2.96. The van der Waals surface area contributed by atoms with Gasteiger partial charge in [0, 0.05) is 27.6 Å². The lowest BCUT2D eigenvalue weighted by Gasteiger charge is -2.08. The van der Waals surface area contributed by atoms with Crippen molar-refractivity contribution >= 4 is 27.7 Å². The molecule has 13 heavy (non-hydrogen) atoms. The maximum absolute atomic E-state index is 3.49. The summed E-state index contributed by atoms with van der Waals surface area (Å²) < 4.78 is 1.18. The monoisotopic (exact) mass is 257 g/mol. The van der Waals surface area contributed by atoms with Crippen LogP contribution >= 0.6 is 27.7 Å². The maximum Gasteiger partial charge on any atom is 0.0186 e. The molecule has 1 aromatic rings.